The maximum atomic E-state index is 11.6. The van der Waals surface area contributed by atoms with Gasteiger partial charge in [-0.05, 0) is 24.6 Å². The van der Waals surface area contributed by atoms with Crippen LogP contribution in [-0.4, -0.2) is 27.7 Å². The number of phenols is 1. The highest BCUT2D eigenvalue weighted by Gasteiger charge is 2.13. The Labute approximate surface area is 126 Å². The molecule has 110 valence electrons. The molecule has 0 radical (unpaired) electrons. The van der Waals surface area contributed by atoms with Gasteiger partial charge < -0.3 is 15.6 Å². The van der Waals surface area contributed by atoms with E-state index in [0.717, 1.165) is 5.56 Å². The molecule has 0 aliphatic heterocycles. The fourth-order valence-electron chi connectivity index (χ4n) is 1.61. The van der Waals surface area contributed by atoms with Crippen molar-refractivity contribution in [3.8, 4) is 5.75 Å². The quantitative estimate of drug-likeness (QED) is 0.496. The molecule has 0 unspecified atom stereocenters. The van der Waals surface area contributed by atoms with E-state index in [9.17, 15) is 9.90 Å². The van der Waals surface area contributed by atoms with Gasteiger partial charge in [0.1, 0.15) is 17.1 Å². The molecule has 2 aromatic rings. The number of benzene rings is 1. The number of aromatic hydroxyl groups is 1. The van der Waals surface area contributed by atoms with Crippen molar-refractivity contribution in [2.75, 3.05) is 12.3 Å². The molecular formula is C14H15N3O3S. The number of ether oxygens (including phenoxy) is 1. The van der Waals surface area contributed by atoms with Crippen LogP contribution in [0, 0.1) is 0 Å². The summed E-state index contributed by atoms with van der Waals surface area (Å²) in [7, 11) is 0. The second-order valence-electron chi connectivity index (χ2n) is 4.13. The maximum Gasteiger partial charge on any atom is 0.343 e. The van der Waals surface area contributed by atoms with Crippen molar-refractivity contribution < 1.29 is 14.6 Å². The Morgan fingerprint density at radius 3 is 2.95 bits per heavy atom. The lowest BCUT2D eigenvalue weighted by atomic mass is 10.2. The summed E-state index contributed by atoms with van der Waals surface area (Å²) in [5.74, 6) is 0.375. The van der Waals surface area contributed by atoms with Gasteiger partial charge in [-0.15, -0.1) is 0 Å². The lowest BCUT2D eigenvalue weighted by Gasteiger charge is -2.06. The lowest BCUT2D eigenvalue weighted by Crippen LogP contribution is -2.10. The van der Waals surface area contributed by atoms with Gasteiger partial charge in [0, 0.05) is 11.9 Å². The minimum Gasteiger partial charge on any atom is -0.508 e. The Bertz CT molecular complexity index is 649. The highest BCUT2D eigenvalue weighted by Crippen LogP contribution is 2.23. The summed E-state index contributed by atoms with van der Waals surface area (Å²) in [5.41, 5.74) is 6.85. The highest BCUT2D eigenvalue weighted by molar-refractivity contribution is 7.98. The number of esters is 1. The summed E-state index contributed by atoms with van der Waals surface area (Å²) < 4.78 is 4.86. The van der Waals surface area contributed by atoms with Gasteiger partial charge in [-0.2, -0.15) is 0 Å². The molecule has 0 saturated carbocycles. The topological polar surface area (TPSA) is 98.3 Å². The number of phenolic OH excluding ortho intramolecular Hbond substituents is 1. The van der Waals surface area contributed by atoms with Gasteiger partial charge in [-0.3, -0.25) is 0 Å². The normalized spacial score (nSPS) is 10.3. The van der Waals surface area contributed by atoms with E-state index in [4.69, 9.17) is 10.5 Å². The number of anilines is 1. The molecule has 0 atom stereocenters. The molecule has 0 aliphatic carbocycles. The summed E-state index contributed by atoms with van der Waals surface area (Å²) in [4.78, 5) is 19.7. The third-order valence-electron chi connectivity index (χ3n) is 2.57. The molecule has 7 heteroatoms. The van der Waals surface area contributed by atoms with Crippen LogP contribution < -0.4 is 5.73 Å². The molecule has 0 aliphatic rings. The third kappa shape index (κ3) is 4.09. The van der Waals surface area contributed by atoms with Crippen molar-refractivity contribution >= 4 is 23.5 Å². The Balaban J connectivity index is 2.05. The molecule has 0 spiro atoms. The Hall–Kier alpha value is -2.28. The zero-order valence-corrected chi connectivity index (χ0v) is 12.3. The summed E-state index contributed by atoms with van der Waals surface area (Å²) in [6, 6.07) is 6.94. The number of aromatic nitrogens is 2. The molecule has 3 N–H and O–H groups in total. The standard InChI is InChI=1S/C14H15N3O3S/c1-2-20-13(19)11-7-16-14(17-12(11)15)21-8-9-4-3-5-10(18)6-9/h3-7,18H,2,8H2,1H3,(H2,15,16,17). The van der Waals surface area contributed by atoms with E-state index in [-0.39, 0.29) is 23.7 Å². The Morgan fingerprint density at radius 1 is 1.48 bits per heavy atom. The van der Waals surface area contributed by atoms with Gasteiger partial charge in [0.2, 0.25) is 0 Å². The molecule has 0 amide bonds. The average Bonchev–Trinajstić information content (AvgIpc) is 2.45. The SMILES string of the molecule is CCOC(=O)c1cnc(SCc2cccc(O)c2)nc1N. The van der Waals surface area contributed by atoms with E-state index >= 15 is 0 Å². The summed E-state index contributed by atoms with van der Waals surface area (Å²) in [6.07, 6.45) is 1.37. The molecule has 0 saturated heterocycles. The Kier molecular flexibility index (Phi) is 4.99. The van der Waals surface area contributed by atoms with Gasteiger partial charge in [0.15, 0.2) is 5.16 Å². The number of thioether (sulfide) groups is 1. The van der Waals surface area contributed by atoms with Crippen molar-refractivity contribution in [3.05, 3.63) is 41.6 Å². The van der Waals surface area contributed by atoms with E-state index in [1.165, 1.54) is 18.0 Å². The number of nitrogen functional groups attached to an aromatic ring is 1. The van der Waals surface area contributed by atoms with Crippen molar-refractivity contribution in [2.24, 2.45) is 0 Å². The van der Waals surface area contributed by atoms with Crippen LogP contribution in [0.1, 0.15) is 22.8 Å². The van der Waals surface area contributed by atoms with Gasteiger partial charge in [-0.1, -0.05) is 23.9 Å². The molecule has 21 heavy (non-hydrogen) atoms. The summed E-state index contributed by atoms with van der Waals surface area (Å²) in [6.45, 7) is 1.99. The zero-order chi connectivity index (χ0) is 15.2. The van der Waals surface area contributed by atoms with Crippen LogP contribution in [0.3, 0.4) is 0 Å². The summed E-state index contributed by atoms with van der Waals surface area (Å²) >= 11 is 1.36. The second-order valence-corrected chi connectivity index (χ2v) is 5.07. The van der Waals surface area contributed by atoms with E-state index in [0.29, 0.717) is 10.9 Å². The first-order valence-corrected chi connectivity index (χ1v) is 7.29. The van der Waals surface area contributed by atoms with Crippen LogP contribution in [0.4, 0.5) is 5.82 Å². The predicted octanol–water partition coefficient (Wildman–Crippen LogP) is 2.23. The lowest BCUT2D eigenvalue weighted by molar-refractivity contribution is 0.0526. The molecule has 2 rings (SSSR count). The molecule has 6 nitrogen and oxygen atoms in total. The van der Waals surface area contributed by atoms with Gasteiger partial charge in [-0.25, -0.2) is 14.8 Å². The number of hydrogen-bond acceptors (Lipinski definition) is 7. The van der Waals surface area contributed by atoms with Crippen molar-refractivity contribution in [2.45, 2.75) is 17.8 Å². The van der Waals surface area contributed by atoms with Crippen LogP contribution >= 0.6 is 11.8 Å². The molecular weight excluding hydrogens is 290 g/mol. The minimum atomic E-state index is -0.528. The first-order valence-electron chi connectivity index (χ1n) is 6.30. The minimum absolute atomic E-state index is 0.0989. The molecule has 0 fully saturated rings. The first-order chi connectivity index (χ1) is 10.1. The smallest absolute Gasteiger partial charge is 0.343 e. The maximum absolute atomic E-state index is 11.6. The number of nitrogens with zero attached hydrogens (tertiary/aromatic N) is 2. The predicted molar refractivity (Wildman–Crippen MR) is 80.1 cm³/mol. The van der Waals surface area contributed by atoms with Crippen molar-refractivity contribution in [1.29, 1.82) is 0 Å². The number of carbonyl (C=O) groups is 1. The first kappa shape index (κ1) is 15.1. The van der Waals surface area contributed by atoms with Crippen LogP contribution in [-0.2, 0) is 10.5 Å². The highest BCUT2D eigenvalue weighted by atomic mass is 32.2. The second kappa shape index (κ2) is 6.94. The third-order valence-corrected chi connectivity index (χ3v) is 3.50. The van der Waals surface area contributed by atoms with E-state index < -0.39 is 5.97 Å². The van der Waals surface area contributed by atoms with Crippen molar-refractivity contribution in [1.82, 2.24) is 9.97 Å². The van der Waals surface area contributed by atoms with Crippen LogP contribution in [0.25, 0.3) is 0 Å². The number of nitrogens with two attached hydrogens (primary N) is 1. The van der Waals surface area contributed by atoms with Gasteiger partial charge in [0.25, 0.3) is 0 Å². The zero-order valence-electron chi connectivity index (χ0n) is 11.4. The monoisotopic (exact) mass is 305 g/mol. The van der Waals surface area contributed by atoms with E-state index in [2.05, 4.69) is 9.97 Å². The Morgan fingerprint density at radius 2 is 2.29 bits per heavy atom. The van der Waals surface area contributed by atoms with E-state index in [1.54, 1.807) is 25.1 Å². The molecule has 1 aromatic carbocycles. The van der Waals surface area contributed by atoms with Crippen LogP contribution in [0.2, 0.25) is 0 Å². The number of rotatable bonds is 5. The molecule has 1 aromatic heterocycles. The van der Waals surface area contributed by atoms with Crippen molar-refractivity contribution in [3.63, 3.8) is 0 Å². The number of hydrogen-bond donors (Lipinski definition) is 2. The van der Waals surface area contributed by atoms with Crippen LogP contribution in [0.15, 0.2) is 35.6 Å². The molecule has 0 bridgehead atoms. The fraction of sp³-hybridized carbons (Fsp3) is 0.214. The molecule has 1 heterocycles. The summed E-state index contributed by atoms with van der Waals surface area (Å²) in [5, 5.41) is 9.85. The number of carbonyl (C=O) groups excluding carboxylic acids is 1. The fourth-order valence-corrected chi connectivity index (χ4v) is 2.37. The van der Waals surface area contributed by atoms with Gasteiger partial charge >= 0.3 is 5.97 Å². The largest absolute Gasteiger partial charge is 0.508 e. The van der Waals surface area contributed by atoms with Gasteiger partial charge in [0.05, 0.1) is 6.61 Å². The van der Waals surface area contributed by atoms with Crippen LogP contribution in [0.5, 0.6) is 5.75 Å². The average molecular weight is 305 g/mol. The van der Waals surface area contributed by atoms with E-state index in [1.807, 2.05) is 6.07 Å².